The molecule has 1 amide bonds. The van der Waals surface area contributed by atoms with Crippen LogP contribution in [0, 0.1) is 11.3 Å². The van der Waals surface area contributed by atoms with Crippen molar-refractivity contribution in [1.29, 1.82) is 5.26 Å². The fourth-order valence-electron chi connectivity index (χ4n) is 3.17. The lowest BCUT2D eigenvalue weighted by Crippen LogP contribution is -2.49. The van der Waals surface area contributed by atoms with Crippen molar-refractivity contribution in [1.82, 2.24) is 19.9 Å². The second-order valence-electron chi connectivity index (χ2n) is 6.60. The Labute approximate surface area is 168 Å². The SMILES string of the molecule is N#Cc1ccc(Nc2cncc(C(=O)N3CCN(c4ncccn4)CC3)c2)cc1. The van der Waals surface area contributed by atoms with Crippen LogP contribution in [0.2, 0.25) is 0 Å². The lowest BCUT2D eigenvalue weighted by Gasteiger charge is -2.34. The highest BCUT2D eigenvalue weighted by molar-refractivity contribution is 5.95. The minimum absolute atomic E-state index is 0.0467. The second kappa shape index (κ2) is 8.35. The van der Waals surface area contributed by atoms with Gasteiger partial charge in [-0.1, -0.05) is 0 Å². The van der Waals surface area contributed by atoms with Gasteiger partial charge in [-0.05, 0) is 36.4 Å². The van der Waals surface area contributed by atoms with Crippen LogP contribution in [-0.2, 0) is 0 Å². The van der Waals surface area contributed by atoms with Crippen LogP contribution in [-0.4, -0.2) is 51.9 Å². The highest BCUT2D eigenvalue weighted by Crippen LogP contribution is 2.19. The number of hydrogen-bond acceptors (Lipinski definition) is 7. The Balaban J connectivity index is 1.40. The van der Waals surface area contributed by atoms with Gasteiger partial charge in [0, 0.05) is 50.5 Å². The van der Waals surface area contributed by atoms with Gasteiger partial charge in [0.2, 0.25) is 5.95 Å². The molecule has 2 aromatic heterocycles. The van der Waals surface area contributed by atoms with E-state index in [2.05, 4.69) is 31.2 Å². The van der Waals surface area contributed by atoms with E-state index < -0.39 is 0 Å². The molecule has 3 heterocycles. The van der Waals surface area contributed by atoms with Gasteiger partial charge in [0.1, 0.15) is 0 Å². The third kappa shape index (κ3) is 4.30. The second-order valence-corrected chi connectivity index (χ2v) is 6.60. The van der Waals surface area contributed by atoms with Gasteiger partial charge >= 0.3 is 0 Å². The summed E-state index contributed by atoms with van der Waals surface area (Å²) in [6.07, 6.45) is 6.69. The van der Waals surface area contributed by atoms with E-state index in [1.54, 1.807) is 49.1 Å². The molecule has 1 aliphatic heterocycles. The number of aromatic nitrogens is 3. The van der Waals surface area contributed by atoms with Gasteiger partial charge in [-0.2, -0.15) is 5.26 Å². The van der Waals surface area contributed by atoms with Crippen molar-refractivity contribution in [2.24, 2.45) is 0 Å². The number of rotatable bonds is 4. The van der Waals surface area contributed by atoms with Crippen molar-refractivity contribution in [2.45, 2.75) is 0 Å². The summed E-state index contributed by atoms with van der Waals surface area (Å²) < 4.78 is 0. The molecule has 3 aromatic rings. The van der Waals surface area contributed by atoms with Gasteiger partial charge in [0.15, 0.2) is 0 Å². The van der Waals surface area contributed by atoms with Crippen LogP contribution >= 0.6 is 0 Å². The maximum absolute atomic E-state index is 12.9. The number of amides is 1. The molecule has 8 heteroatoms. The number of nitrogens with zero attached hydrogens (tertiary/aromatic N) is 6. The number of hydrogen-bond donors (Lipinski definition) is 1. The van der Waals surface area contributed by atoms with E-state index in [0.717, 1.165) is 11.4 Å². The number of benzene rings is 1. The van der Waals surface area contributed by atoms with Gasteiger partial charge in [-0.3, -0.25) is 9.78 Å². The highest BCUT2D eigenvalue weighted by atomic mass is 16.2. The van der Waals surface area contributed by atoms with Crippen LogP contribution in [0.3, 0.4) is 0 Å². The largest absolute Gasteiger partial charge is 0.354 e. The summed E-state index contributed by atoms with van der Waals surface area (Å²) in [5, 5.41) is 12.1. The van der Waals surface area contributed by atoms with E-state index in [9.17, 15) is 4.79 Å². The molecule has 0 radical (unpaired) electrons. The summed E-state index contributed by atoms with van der Waals surface area (Å²) in [7, 11) is 0. The highest BCUT2D eigenvalue weighted by Gasteiger charge is 2.23. The van der Waals surface area contributed by atoms with E-state index in [0.29, 0.717) is 43.3 Å². The predicted molar refractivity (Wildman–Crippen MR) is 109 cm³/mol. The molecule has 29 heavy (non-hydrogen) atoms. The molecule has 0 spiro atoms. The molecule has 144 valence electrons. The molecule has 0 atom stereocenters. The van der Waals surface area contributed by atoms with Crippen molar-refractivity contribution in [3.8, 4) is 6.07 Å². The maximum Gasteiger partial charge on any atom is 0.255 e. The van der Waals surface area contributed by atoms with Crippen LogP contribution < -0.4 is 10.2 Å². The van der Waals surface area contributed by atoms with Crippen molar-refractivity contribution in [3.05, 3.63) is 72.3 Å². The number of nitriles is 1. The molecule has 4 rings (SSSR count). The molecule has 0 aliphatic carbocycles. The molecule has 0 saturated carbocycles. The number of nitrogens with one attached hydrogen (secondary N) is 1. The number of pyridine rings is 1. The third-order valence-corrected chi connectivity index (χ3v) is 4.69. The summed E-state index contributed by atoms with van der Waals surface area (Å²) in [4.78, 5) is 29.5. The average molecular weight is 385 g/mol. The summed E-state index contributed by atoms with van der Waals surface area (Å²) in [6.45, 7) is 2.58. The van der Waals surface area contributed by atoms with Crippen LogP contribution in [0.5, 0.6) is 0 Å². The van der Waals surface area contributed by atoms with Crippen molar-refractivity contribution < 1.29 is 4.79 Å². The normalized spacial score (nSPS) is 13.6. The Morgan fingerprint density at radius 2 is 1.72 bits per heavy atom. The van der Waals surface area contributed by atoms with E-state index in [1.165, 1.54) is 0 Å². The van der Waals surface area contributed by atoms with Gasteiger partial charge in [0.05, 0.1) is 29.1 Å². The van der Waals surface area contributed by atoms with Gasteiger partial charge in [-0.15, -0.1) is 0 Å². The maximum atomic E-state index is 12.9. The zero-order valence-corrected chi connectivity index (χ0v) is 15.7. The number of anilines is 3. The molecule has 1 aliphatic rings. The first-order valence-corrected chi connectivity index (χ1v) is 9.26. The smallest absolute Gasteiger partial charge is 0.255 e. The van der Waals surface area contributed by atoms with E-state index >= 15 is 0 Å². The Morgan fingerprint density at radius 3 is 2.41 bits per heavy atom. The molecular formula is C21H19N7O. The topological polar surface area (TPSA) is 98.0 Å². The molecule has 8 nitrogen and oxygen atoms in total. The van der Waals surface area contributed by atoms with Crippen LogP contribution in [0.25, 0.3) is 0 Å². The van der Waals surface area contributed by atoms with Crippen molar-refractivity contribution in [2.75, 3.05) is 36.4 Å². The number of carbonyl (C=O) groups excluding carboxylic acids is 1. The quantitative estimate of drug-likeness (QED) is 0.736. The van der Waals surface area contributed by atoms with Gasteiger partial charge in [-0.25, -0.2) is 9.97 Å². The Morgan fingerprint density at radius 1 is 1.00 bits per heavy atom. The molecule has 0 unspecified atom stereocenters. The number of piperazine rings is 1. The Kier molecular flexibility index (Phi) is 5.29. The third-order valence-electron chi connectivity index (χ3n) is 4.69. The fourth-order valence-corrected chi connectivity index (χ4v) is 3.17. The summed E-state index contributed by atoms with van der Waals surface area (Å²) in [6, 6.07) is 12.8. The van der Waals surface area contributed by atoms with Crippen LogP contribution in [0.4, 0.5) is 17.3 Å². The molecule has 1 fully saturated rings. The van der Waals surface area contributed by atoms with E-state index in [1.807, 2.05) is 17.0 Å². The fraction of sp³-hybridized carbons (Fsp3) is 0.190. The summed E-state index contributed by atoms with van der Waals surface area (Å²) in [5.74, 6) is 0.643. The summed E-state index contributed by atoms with van der Waals surface area (Å²) in [5.41, 5.74) is 2.68. The lowest BCUT2D eigenvalue weighted by molar-refractivity contribution is 0.0746. The zero-order valence-electron chi connectivity index (χ0n) is 15.7. The zero-order chi connectivity index (χ0) is 20.1. The van der Waals surface area contributed by atoms with Crippen molar-refractivity contribution >= 4 is 23.2 Å². The molecule has 0 bridgehead atoms. The van der Waals surface area contributed by atoms with Crippen LogP contribution in [0.15, 0.2) is 61.2 Å². The minimum Gasteiger partial charge on any atom is -0.354 e. The first-order valence-electron chi connectivity index (χ1n) is 9.26. The molecule has 1 aromatic carbocycles. The van der Waals surface area contributed by atoms with Crippen molar-refractivity contribution in [3.63, 3.8) is 0 Å². The van der Waals surface area contributed by atoms with Crippen LogP contribution in [0.1, 0.15) is 15.9 Å². The Bertz CT molecular complexity index is 1020. The minimum atomic E-state index is -0.0467. The standard InChI is InChI=1S/C21H19N7O/c22-13-16-2-4-18(5-3-16)26-19-12-17(14-23-15-19)20(29)27-8-10-28(11-9-27)21-24-6-1-7-25-21/h1-7,12,14-15,26H,8-11H2. The monoisotopic (exact) mass is 385 g/mol. The molecule has 1 N–H and O–H groups in total. The van der Waals surface area contributed by atoms with E-state index in [4.69, 9.17) is 5.26 Å². The number of carbonyl (C=O) groups is 1. The Hall–Kier alpha value is -3.99. The average Bonchev–Trinajstić information content (AvgIpc) is 2.80. The van der Waals surface area contributed by atoms with Gasteiger partial charge in [0.25, 0.3) is 5.91 Å². The summed E-state index contributed by atoms with van der Waals surface area (Å²) >= 11 is 0. The lowest BCUT2D eigenvalue weighted by atomic mass is 10.2. The van der Waals surface area contributed by atoms with Gasteiger partial charge < -0.3 is 15.1 Å². The molecule has 1 saturated heterocycles. The first kappa shape index (κ1) is 18.4. The predicted octanol–water partition coefficient (Wildman–Crippen LogP) is 2.45. The molecular weight excluding hydrogens is 366 g/mol. The first-order chi connectivity index (χ1) is 14.2. The van der Waals surface area contributed by atoms with E-state index in [-0.39, 0.29) is 5.91 Å².